The van der Waals surface area contributed by atoms with Crippen molar-refractivity contribution < 1.29 is 9.53 Å². The number of rotatable bonds is 6. The van der Waals surface area contributed by atoms with Crippen molar-refractivity contribution in [3.63, 3.8) is 0 Å². The standard InChI is InChI=1S/C21H26N2O2/c1-22(17-19-5-3-2-4-6-19)21(24)12-9-18-7-10-20(11-8-18)23-13-15-25-16-14-23/h2-8,10-11H,9,12-17H2,1H3. The first-order valence-electron chi connectivity index (χ1n) is 8.92. The number of nitrogens with zero attached hydrogens (tertiary/aromatic N) is 2. The molecule has 0 aliphatic carbocycles. The Bertz CT molecular complexity index is 664. The molecule has 0 unspecified atom stereocenters. The molecule has 1 saturated heterocycles. The quantitative estimate of drug-likeness (QED) is 0.811. The van der Waals surface area contributed by atoms with E-state index < -0.39 is 0 Å². The molecule has 0 N–H and O–H groups in total. The molecule has 1 amide bonds. The fraction of sp³-hybridized carbons (Fsp3) is 0.381. The molecule has 0 saturated carbocycles. The lowest BCUT2D eigenvalue weighted by molar-refractivity contribution is -0.130. The summed E-state index contributed by atoms with van der Waals surface area (Å²) in [5.41, 5.74) is 3.60. The normalized spacial score (nSPS) is 14.4. The maximum Gasteiger partial charge on any atom is 0.222 e. The van der Waals surface area contributed by atoms with Gasteiger partial charge in [0.2, 0.25) is 5.91 Å². The molecule has 0 radical (unpaired) electrons. The largest absolute Gasteiger partial charge is 0.378 e. The van der Waals surface area contributed by atoms with E-state index in [2.05, 4.69) is 29.2 Å². The molecule has 1 heterocycles. The maximum absolute atomic E-state index is 12.3. The fourth-order valence-electron chi connectivity index (χ4n) is 3.08. The molecule has 132 valence electrons. The Morgan fingerprint density at radius 2 is 1.68 bits per heavy atom. The van der Waals surface area contributed by atoms with Crippen LogP contribution in [0, 0.1) is 0 Å². The van der Waals surface area contributed by atoms with Crippen molar-refractivity contribution in [3.05, 3.63) is 65.7 Å². The molecule has 1 fully saturated rings. The van der Waals surface area contributed by atoms with Crippen molar-refractivity contribution in [1.29, 1.82) is 0 Å². The van der Waals surface area contributed by atoms with Gasteiger partial charge in [0.25, 0.3) is 0 Å². The Morgan fingerprint density at radius 1 is 1.00 bits per heavy atom. The van der Waals surface area contributed by atoms with E-state index in [1.54, 1.807) is 4.90 Å². The molecule has 4 heteroatoms. The molecule has 1 aliphatic rings. The summed E-state index contributed by atoms with van der Waals surface area (Å²) in [5.74, 6) is 0.182. The van der Waals surface area contributed by atoms with E-state index >= 15 is 0 Å². The van der Waals surface area contributed by atoms with Crippen LogP contribution in [-0.4, -0.2) is 44.2 Å². The Morgan fingerprint density at radius 3 is 2.36 bits per heavy atom. The van der Waals surface area contributed by atoms with Crippen molar-refractivity contribution in [2.24, 2.45) is 0 Å². The lowest BCUT2D eigenvalue weighted by Gasteiger charge is -2.28. The molecule has 0 spiro atoms. The number of hydrogen-bond acceptors (Lipinski definition) is 3. The zero-order chi connectivity index (χ0) is 17.5. The molecule has 3 rings (SSSR count). The van der Waals surface area contributed by atoms with Crippen molar-refractivity contribution in [1.82, 2.24) is 4.90 Å². The summed E-state index contributed by atoms with van der Waals surface area (Å²) in [7, 11) is 1.87. The monoisotopic (exact) mass is 338 g/mol. The highest BCUT2D eigenvalue weighted by atomic mass is 16.5. The van der Waals surface area contributed by atoms with Gasteiger partial charge in [-0.05, 0) is 29.7 Å². The van der Waals surface area contributed by atoms with Gasteiger partial charge in [0, 0.05) is 38.8 Å². The van der Waals surface area contributed by atoms with Gasteiger partial charge in [0.1, 0.15) is 0 Å². The minimum atomic E-state index is 0.182. The first-order chi connectivity index (χ1) is 12.2. The molecule has 0 aromatic heterocycles. The van der Waals surface area contributed by atoms with Crippen LogP contribution in [0.2, 0.25) is 0 Å². The van der Waals surface area contributed by atoms with Crippen molar-refractivity contribution in [2.75, 3.05) is 38.3 Å². The Hall–Kier alpha value is -2.33. The SMILES string of the molecule is CN(Cc1ccccc1)C(=O)CCc1ccc(N2CCOCC2)cc1. The van der Waals surface area contributed by atoms with Gasteiger partial charge in [0.15, 0.2) is 0 Å². The predicted molar refractivity (Wildman–Crippen MR) is 101 cm³/mol. The van der Waals surface area contributed by atoms with Crippen LogP contribution in [0.4, 0.5) is 5.69 Å². The minimum absolute atomic E-state index is 0.182. The third-order valence-corrected chi connectivity index (χ3v) is 4.63. The molecule has 25 heavy (non-hydrogen) atoms. The third kappa shape index (κ3) is 5.07. The van der Waals surface area contributed by atoms with Crippen LogP contribution < -0.4 is 4.90 Å². The maximum atomic E-state index is 12.3. The predicted octanol–water partition coefficient (Wildman–Crippen LogP) is 3.11. The number of morpholine rings is 1. The second kappa shape index (κ2) is 8.67. The van der Waals surface area contributed by atoms with E-state index in [4.69, 9.17) is 4.74 Å². The summed E-state index contributed by atoms with van der Waals surface area (Å²) in [4.78, 5) is 16.5. The first kappa shape index (κ1) is 17.5. The van der Waals surface area contributed by atoms with E-state index in [9.17, 15) is 4.79 Å². The number of benzene rings is 2. The van der Waals surface area contributed by atoms with Crippen molar-refractivity contribution in [2.45, 2.75) is 19.4 Å². The van der Waals surface area contributed by atoms with Crippen molar-refractivity contribution >= 4 is 11.6 Å². The molecule has 2 aromatic carbocycles. The van der Waals surface area contributed by atoms with Gasteiger partial charge >= 0.3 is 0 Å². The summed E-state index contributed by atoms with van der Waals surface area (Å²) in [5, 5.41) is 0. The van der Waals surface area contributed by atoms with Crippen LogP contribution in [0.15, 0.2) is 54.6 Å². The molecule has 4 nitrogen and oxygen atoms in total. The first-order valence-corrected chi connectivity index (χ1v) is 8.92. The topological polar surface area (TPSA) is 32.8 Å². The van der Waals surface area contributed by atoms with Gasteiger partial charge in [-0.2, -0.15) is 0 Å². The van der Waals surface area contributed by atoms with Crippen LogP contribution in [0.5, 0.6) is 0 Å². The van der Waals surface area contributed by atoms with E-state index in [1.807, 2.05) is 37.4 Å². The highest BCUT2D eigenvalue weighted by Crippen LogP contribution is 2.17. The zero-order valence-electron chi connectivity index (χ0n) is 14.9. The van der Waals surface area contributed by atoms with Crippen LogP contribution >= 0.6 is 0 Å². The number of amides is 1. The van der Waals surface area contributed by atoms with Crippen molar-refractivity contribution in [3.8, 4) is 0 Å². The van der Waals surface area contributed by atoms with Gasteiger partial charge in [-0.25, -0.2) is 0 Å². The number of aryl methyl sites for hydroxylation is 1. The Labute approximate surface area is 150 Å². The second-order valence-electron chi connectivity index (χ2n) is 6.50. The van der Waals surface area contributed by atoms with Gasteiger partial charge in [0.05, 0.1) is 13.2 Å². The number of hydrogen-bond donors (Lipinski definition) is 0. The van der Waals surface area contributed by atoms with Gasteiger partial charge < -0.3 is 14.5 Å². The van der Waals surface area contributed by atoms with E-state index in [0.29, 0.717) is 13.0 Å². The third-order valence-electron chi connectivity index (χ3n) is 4.63. The average Bonchev–Trinajstić information content (AvgIpc) is 2.68. The Kier molecular flexibility index (Phi) is 6.07. The zero-order valence-corrected chi connectivity index (χ0v) is 14.9. The van der Waals surface area contributed by atoms with Gasteiger partial charge in [-0.1, -0.05) is 42.5 Å². The molecule has 0 atom stereocenters. The number of carbonyl (C=O) groups is 1. The van der Waals surface area contributed by atoms with Gasteiger partial charge in [-0.3, -0.25) is 4.79 Å². The van der Waals surface area contributed by atoms with Crippen LogP contribution in [-0.2, 0) is 22.5 Å². The fourth-order valence-corrected chi connectivity index (χ4v) is 3.08. The van der Waals surface area contributed by atoms with E-state index in [0.717, 1.165) is 38.3 Å². The second-order valence-corrected chi connectivity index (χ2v) is 6.50. The lowest BCUT2D eigenvalue weighted by Crippen LogP contribution is -2.36. The van der Waals surface area contributed by atoms with Crippen LogP contribution in [0.3, 0.4) is 0 Å². The summed E-state index contributed by atoms with van der Waals surface area (Å²) in [6, 6.07) is 18.7. The minimum Gasteiger partial charge on any atom is -0.378 e. The number of carbonyl (C=O) groups excluding carboxylic acids is 1. The number of ether oxygens (including phenoxy) is 1. The van der Waals surface area contributed by atoms with Gasteiger partial charge in [-0.15, -0.1) is 0 Å². The van der Waals surface area contributed by atoms with Crippen LogP contribution in [0.25, 0.3) is 0 Å². The van der Waals surface area contributed by atoms with E-state index in [-0.39, 0.29) is 5.91 Å². The molecule has 1 aliphatic heterocycles. The smallest absolute Gasteiger partial charge is 0.222 e. The molecular formula is C21H26N2O2. The summed E-state index contributed by atoms with van der Waals surface area (Å²) < 4.78 is 5.39. The lowest BCUT2D eigenvalue weighted by atomic mass is 10.1. The number of anilines is 1. The molecular weight excluding hydrogens is 312 g/mol. The summed E-state index contributed by atoms with van der Waals surface area (Å²) in [6.07, 6.45) is 1.32. The van der Waals surface area contributed by atoms with Crippen LogP contribution in [0.1, 0.15) is 17.5 Å². The molecule has 0 bridgehead atoms. The Balaban J connectivity index is 1.48. The summed E-state index contributed by atoms with van der Waals surface area (Å²) in [6.45, 7) is 4.15. The van der Waals surface area contributed by atoms with E-state index in [1.165, 1.54) is 11.3 Å². The average molecular weight is 338 g/mol. The highest BCUT2D eigenvalue weighted by molar-refractivity contribution is 5.76. The highest BCUT2D eigenvalue weighted by Gasteiger charge is 2.12. The summed E-state index contributed by atoms with van der Waals surface area (Å²) >= 11 is 0. The molecule has 2 aromatic rings.